The summed E-state index contributed by atoms with van der Waals surface area (Å²) in [5, 5.41) is 4.65. The van der Waals surface area contributed by atoms with Crippen molar-refractivity contribution in [2.75, 3.05) is 18.0 Å². The molecule has 0 radical (unpaired) electrons. The zero-order valence-corrected chi connectivity index (χ0v) is 14.0. The predicted molar refractivity (Wildman–Crippen MR) is 92.2 cm³/mol. The largest absolute Gasteiger partial charge is 0.352 e. The number of rotatable bonds is 2. The molecule has 0 N–H and O–H groups in total. The van der Waals surface area contributed by atoms with Gasteiger partial charge in [0.05, 0.1) is 10.6 Å². The van der Waals surface area contributed by atoms with Crippen LogP contribution in [0.1, 0.15) is 6.42 Å². The van der Waals surface area contributed by atoms with Crippen molar-refractivity contribution >= 4 is 34.8 Å². The summed E-state index contributed by atoms with van der Waals surface area (Å²) in [5.74, 6) is 0.541. The zero-order valence-electron chi connectivity index (χ0n) is 12.5. The maximum absolute atomic E-state index is 14.5. The molecule has 4 rings (SSSR count). The second-order valence-electron chi connectivity index (χ2n) is 5.38. The summed E-state index contributed by atoms with van der Waals surface area (Å²) in [6.07, 6.45) is 6.43. The Labute approximate surface area is 147 Å². The Balaban J connectivity index is 2.07. The van der Waals surface area contributed by atoms with Crippen LogP contribution in [0.5, 0.6) is 0 Å². The van der Waals surface area contributed by atoms with E-state index in [1.54, 1.807) is 16.6 Å². The number of halogens is 3. The van der Waals surface area contributed by atoms with Gasteiger partial charge >= 0.3 is 0 Å². The van der Waals surface area contributed by atoms with Gasteiger partial charge in [-0.3, -0.25) is 0 Å². The lowest BCUT2D eigenvalue weighted by molar-refractivity contribution is 0.631. The average molecular weight is 364 g/mol. The molecule has 0 bridgehead atoms. The van der Waals surface area contributed by atoms with E-state index in [0.29, 0.717) is 23.7 Å². The quantitative estimate of drug-likeness (QED) is 0.509. The van der Waals surface area contributed by atoms with Crippen LogP contribution in [0.4, 0.5) is 10.2 Å². The summed E-state index contributed by atoms with van der Waals surface area (Å²) in [5.41, 5.74) is 0.645. The highest BCUT2D eigenvalue weighted by Gasteiger charge is 2.25. The van der Waals surface area contributed by atoms with E-state index in [2.05, 4.69) is 26.0 Å². The van der Waals surface area contributed by atoms with Crippen LogP contribution in [0.3, 0.4) is 0 Å². The number of aromatic nitrogens is 4. The molecule has 0 aliphatic carbocycles. The third-order valence-corrected chi connectivity index (χ3v) is 4.52. The fourth-order valence-corrected chi connectivity index (χ4v) is 3.39. The molecule has 0 unspecified atom stereocenters. The predicted octanol–water partition coefficient (Wildman–Crippen LogP) is 4.00. The first-order chi connectivity index (χ1) is 11.7. The van der Waals surface area contributed by atoms with Crippen LogP contribution in [-0.4, -0.2) is 32.7 Å². The van der Waals surface area contributed by atoms with E-state index in [9.17, 15) is 4.39 Å². The van der Waals surface area contributed by atoms with Gasteiger partial charge in [0, 0.05) is 18.7 Å². The van der Waals surface area contributed by atoms with Crippen LogP contribution in [0.2, 0.25) is 10.2 Å². The molecule has 2 aromatic heterocycles. The molecule has 0 atom stereocenters. The van der Waals surface area contributed by atoms with Gasteiger partial charge in [-0.15, -0.1) is 0 Å². The first-order valence-corrected chi connectivity index (χ1v) is 8.16. The van der Waals surface area contributed by atoms with Crippen LogP contribution in [0.15, 0.2) is 36.7 Å². The van der Waals surface area contributed by atoms with Crippen LogP contribution < -0.4 is 4.90 Å². The standard InChI is InChI=1S/C16H12Cl2FN5/c17-10-5-4-6-11(19)12(10)13-14(18)22-16-20-9-21-24(16)15(13)23-7-2-1-3-8-23/h1-2,4-6,9H,3,7-8H2. The highest BCUT2D eigenvalue weighted by Crippen LogP contribution is 2.41. The van der Waals surface area contributed by atoms with Gasteiger partial charge in [0.1, 0.15) is 23.1 Å². The summed E-state index contributed by atoms with van der Waals surface area (Å²) in [6, 6.07) is 4.53. The van der Waals surface area contributed by atoms with Gasteiger partial charge in [0.15, 0.2) is 0 Å². The molecule has 0 fully saturated rings. The minimum absolute atomic E-state index is 0.145. The Morgan fingerprint density at radius 2 is 2.00 bits per heavy atom. The van der Waals surface area contributed by atoms with Crippen molar-refractivity contribution in [1.29, 1.82) is 0 Å². The minimum Gasteiger partial charge on any atom is -0.352 e. The van der Waals surface area contributed by atoms with E-state index >= 15 is 0 Å². The van der Waals surface area contributed by atoms with Crippen LogP contribution in [0, 0.1) is 5.82 Å². The SMILES string of the molecule is Fc1cccc(Cl)c1-c1c(Cl)nc2ncnn2c1N1CC=CCC1. The molecular formula is C16H12Cl2FN5. The molecule has 3 aromatic rings. The Kier molecular flexibility index (Phi) is 3.86. The lowest BCUT2D eigenvalue weighted by Gasteiger charge is -2.28. The number of fused-ring (bicyclic) bond motifs is 1. The summed E-state index contributed by atoms with van der Waals surface area (Å²) in [6.45, 7) is 1.42. The third-order valence-electron chi connectivity index (χ3n) is 3.93. The summed E-state index contributed by atoms with van der Waals surface area (Å²) in [7, 11) is 0. The third kappa shape index (κ3) is 2.42. The Hall–Kier alpha value is -2.18. The molecule has 122 valence electrons. The average Bonchev–Trinajstić information content (AvgIpc) is 3.03. The number of hydrogen-bond donors (Lipinski definition) is 0. The topological polar surface area (TPSA) is 46.3 Å². The number of nitrogens with zero attached hydrogens (tertiary/aromatic N) is 5. The maximum Gasteiger partial charge on any atom is 0.255 e. The Morgan fingerprint density at radius 3 is 2.75 bits per heavy atom. The van der Waals surface area contributed by atoms with Gasteiger partial charge in [0.25, 0.3) is 5.78 Å². The highest BCUT2D eigenvalue weighted by atomic mass is 35.5. The fourth-order valence-electron chi connectivity index (χ4n) is 2.88. The molecule has 0 saturated heterocycles. The second-order valence-corrected chi connectivity index (χ2v) is 6.14. The monoisotopic (exact) mass is 363 g/mol. The molecule has 0 amide bonds. The van der Waals surface area contributed by atoms with Crippen molar-refractivity contribution in [3.8, 4) is 11.1 Å². The van der Waals surface area contributed by atoms with E-state index in [-0.39, 0.29) is 15.7 Å². The van der Waals surface area contributed by atoms with Gasteiger partial charge in [-0.1, -0.05) is 41.4 Å². The number of anilines is 1. The molecule has 5 nitrogen and oxygen atoms in total. The number of benzene rings is 1. The summed E-state index contributed by atoms with van der Waals surface area (Å²) < 4.78 is 16.1. The van der Waals surface area contributed by atoms with Crippen LogP contribution in [0.25, 0.3) is 16.9 Å². The lowest BCUT2D eigenvalue weighted by Crippen LogP contribution is -2.30. The molecule has 24 heavy (non-hydrogen) atoms. The molecular weight excluding hydrogens is 352 g/mol. The molecule has 1 aliphatic heterocycles. The first kappa shape index (κ1) is 15.4. The van der Waals surface area contributed by atoms with Crippen LogP contribution >= 0.6 is 23.2 Å². The maximum atomic E-state index is 14.5. The van der Waals surface area contributed by atoms with Gasteiger partial charge < -0.3 is 4.90 Å². The first-order valence-electron chi connectivity index (χ1n) is 7.40. The van der Waals surface area contributed by atoms with Gasteiger partial charge in [-0.2, -0.15) is 19.6 Å². The summed E-state index contributed by atoms with van der Waals surface area (Å²) in [4.78, 5) is 10.4. The smallest absolute Gasteiger partial charge is 0.255 e. The fraction of sp³-hybridized carbons (Fsp3) is 0.188. The van der Waals surface area contributed by atoms with Crippen molar-refractivity contribution in [3.05, 3.63) is 52.7 Å². The van der Waals surface area contributed by atoms with E-state index < -0.39 is 5.82 Å². The Morgan fingerprint density at radius 1 is 1.12 bits per heavy atom. The molecule has 8 heteroatoms. The van der Waals surface area contributed by atoms with E-state index in [4.69, 9.17) is 23.2 Å². The van der Waals surface area contributed by atoms with Crippen molar-refractivity contribution in [2.24, 2.45) is 0 Å². The lowest BCUT2D eigenvalue weighted by atomic mass is 10.1. The molecule has 0 spiro atoms. The zero-order chi connectivity index (χ0) is 16.7. The van der Waals surface area contributed by atoms with Crippen molar-refractivity contribution in [1.82, 2.24) is 19.6 Å². The molecule has 0 saturated carbocycles. The summed E-state index contributed by atoms with van der Waals surface area (Å²) >= 11 is 12.7. The van der Waals surface area contributed by atoms with Crippen LogP contribution in [-0.2, 0) is 0 Å². The Bertz CT molecular complexity index is 933. The van der Waals surface area contributed by atoms with Crippen molar-refractivity contribution < 1.29 is 4.39 Å². The normalized spacial score (nSPS) is 14.5. The van der Waals surface area contributed by atoms with Gasteiger partial charge in [-0.05, 0) is 18.6 Å². The molecule has 1 aliphatic rings. The number of hydrogen-bond acceptors (Lipinski definition) is 4. The highest BCUT2D eigenvalue weighted by molar-refractivity contribution is 6.36. The minimum atomic E-state index is -0.459. The van der Waals surface area contributed by atoms with E-state index in [1.165, 1.54) is 12.4 Å². The second kappa shape index (κ2) is 6.03. The van der Waals surface area contributed by atoms with E-state index in [0.717, 1.165) is 13.0 Å². The van der Waals surface area contributed by atoms with Crippen molar-refractivity contribution in [3.63, 3.8) is 0 Å². The van der Waals surface area contributed by atoms with Gasteiger partial charge in [-0.25, -0.2) is 4.39 Å². The molecule has 1 aromatic carbocycles. The van der Waals surface area contributed by atoms with Crippen molar-refractivity contribution in [2.45, 2.75) is 6.42 Å². The van der Waals surface area contributed by atoms with E-state index in [1.807, 2.05) is 6.08 Å². The molecule has 3 heterocycles. The van der Waals surface area contributed by atoms with Gasteiger partial charge in [0.2, 0.25) is 0 Å².